The van der Waals surface area contributed by atoms with Crippen LogP contribution in [0.1, 0.15) is 32.3 Å². The lowest BCUT2D eigenvalue weighted by Gasteiger charge is -2.35. The molecule has 1 fully saturated rings. The fraction of sp³-hybridized carbons (Fsp3) is 0.625. The van der Waals surface area contributed by atoms with Gasteiger partial charge in [0, 0.05) is 42.9 Å². The maximum atomic E-state index is 5.54. The number of nitrogens with zero attached hydrogens (tertiary/aromatic N) is 1. The van der Waals surface area contributed by atoms with Crippen LogP contribution in [0.4, 0.5) is 5.69 Å². The van der Waals surface area contributed by atoms with Crippen LogP contribution < -0.4 is 10.2 Å². The van der Waals surface area contributed by atoms with Gasteiger partial charge in [0.2, 0.25) is 0 Å². The van der Waals surface area contributed by atoms with Gasteiger partial charge >= 0.3 is 0 Å². The zero-order valence-electron chi connectivity index (χ0n) is 12.7. The summed E-state index contributed by atoms with van der Waals surface area (Å²) in [6.07, 6.45) is 2.73. The first-order valence-corrected chi connectivity index (χ1v) is 8.19. The lowest BCUT2D eigenvalue weighted by Crippen LogP contribution is -2.40. The largest absolute Gasteiger partial charge is 0.380 e. The van der Waals surface area contributed by atoms with Crippen LogP contribution in [0, 0.1) is 0 Å². The number of methoxy groups -OCH3 is 1. The Morgan fingerprint density at radius 3 is 2.95 bits per heavy atom. The van der Waals surface area contributed by atoms with E-state index in [1.54, 1.807) is 0 Å². The predicted octanol–water partition coefficient (Wildman–Crippen LogP) is 3.56. The molecule has 1 heterocycles. The van der Waals surface area contributed by atoms with E-state index in [9.17, 15) is 0 Å². The van der Waals surface area contributed by atoms with Crippen LogP contribution in [0.3, 0.4) is 0 Å². The van der Waals surface area contributed by atoms with Gasteiger partial charge in [0.1, 0.15) is 0 Å². The van der Waals surface area contributed by atoms with Crippen LogP contribution in [-0.2, 0) is 11.3 Å². The molecule has 1 aromatic rings. The summed E-state index contributed by atoms with van der Waals surface area (Å²) < 4.78 is 6.68. The molecule has 0 spiro atoms. The second-order valence-electron chi connectivity index (χ2n) is 5.75. The maximum Gasteiger partial charge on any atom is 0.0746 e. The van der Waals surface area contributed by atoms with Crippen LogP contribution in [-0.4, -0.2) is 32.3 Å². The summed E-state index contributed by atoms with van der Waals surface area (Å²) in [5, 5.41) is 3.51. The zero-order valence-corrected chi connectivity index (χ0v) is 14.2. The molecule has 1 N–H and O–H groups in total. The Hall–Kier alpha value is -0.580. The number of halogens is 1. The first-order valence-electron chi connectivity index (χ1n) is 7.39. The summed E-state index contributed by atoms with van der Waals surface area (Å²) >= 11 is 3.58. The second kappa shape index (κ2) is 7.43. The van der Waals surface area contributed by atoms with Gasteiger partial charge in [-0.15, -0.1) is 0 Å². The fourth-order valence-electron chi connectivity index (χ4n) is 2.67. The number of nitrogens with one attached hydrogen (secondary N) is 1. The van der Waals surface area contributed by atoms with Gasteiger partial charge in [-0.2, -0.15) is 0 Å². The van der Waals surface area contributed by atoms with Crippen LogP contribution in [0.5, 0.6) is 0 Å². The number of anilines is 1. The number of rotatable bonds is 5. The van der Waals surface area contributed by atoms with Crippen molar-refractivity contribution >= 4 is 21.6 Å². The van der Waals surface area contributed by atoms with E-state index in [2.05, 4.69) is 58.2 Å². The average Bonchev–Trinajstić information content (AvgIpc) is 2.45. The van der Waals surface area contributed by atoms with Crippen molar-refractivity contribution in [2.75, 3.05) is 25.1 Å². The standard InChI is InChI=1S/C16H25BrN2O/c1-12(2)18-10-13-9-14(17)6-7-16(13)19-8-4-5-15(11-19)20-3/h6-7,9,12,15,18H,4-5,8,10-11H2,1-3H3. The normalized spacial score (nSPS) is 19.6. The van der Waals surface area contributed by atoms with Crippen molar-refractivity contribution in [2.24, 2.45) is 0 Å². The molecular formula is C16H25BrN2O. The Bertz CT molecular complexity index is 436. The molecule has 1 unspecified atom stereocenters. The molecule has 0 aliphatic carbocycles. The summed E-state index contributed by atoms with van der Waals surface area (Å²) in [4.78, 5) is 2.46. The molecule has 1 saturated heterocycles. The Balaban J connectivity index is 2.16. The van der Waals surface area contributed by atoms with Crippen LogP contribution in [0.25, 0.3) is 0 Å². The molecular weight excluding hydrogens is 316 g/mol. The van der Waals surface area contributed by atoms with Gasteiger partial charge in [-0.1, -0.05) is 29.8 Å². The van der Waals surface area contributed by atoms with E-state index >= 15 is 0 Å². The lowest BCUT2D eigenvalue weighted by molar-refractivity contribution is 0.0893. The molecule has 4 heteroatoms. The minimum Gasteiger partial charge on any atom is -0.380 e. The molecule has 3 nitrogen and oxygen atoms in total. The summed E-state index contributed by atoms with van der Waals surface area (Å²) in [5.74, 6) is 0. The number of ether oxygens (including phenoxy) is 1. The zero-order chi connectivity index (χ0) is 14.5. The van der Waals surface area contributed by atoms with Gasteiger partial charge in [-0.3, -0.25) is 0 Å². The molecule has 1 aromatic carbocycles. The predicted molar refractivity (Wildman–Crippen MR) is 88.4 cm³/mol. The highest BCUT2D eigenvalue weighted by molar-refractivity contribution is 9.10. The SMILES string of the molecule is COC1CCCN(c2ccc(Br)cc2CNC(C)C)C1. The highest BCUT2D eigenvalue weighted by atomic mass is 79.9. The van der Waals surface area contributed by atoms with Crippen LogP contribution in [0.2, 0.25) is 0 Å². The molecule has 1 aliphatic heterocycles. The van der Waals surface area contributed by atoms with Crippen molar-refractivity contribution in [3.63, 3.8) is 0 Å². The third-order valence-corrected chi connectivity index (χ3v) is 4.29. The highest BCUT2D eigenvalue weighted by Gasteiger charge is 2.21. The van der Waals surface area contributed by atoms with Gasteiger partial charge in [0.25, 0.3) is 0 Å². The van der Waals surface area contributed by atoms with E-state index in [4.69, 9.17) is 4.74 Å². The molecule has 0 amide bonds. The summed E-state index contributed by atoms with van der Waals surface area (Å²) in [7, 11) is 1.82. The number of hydrogen-bond donors (Lipinski definition) is 1. The Kier molecular flexibility index (Phi) is 5.87. The van der Waals surface area contributed by atoms with Gasteiger partial charge in [0.15, 0.2) is 0 Å². The first kappa shape index (κ1) is 15.8. The number of piperidine rings is 1. The van der Waals surface area contributed by atoms with Crippen LogP contribution in [0.15, 0.2) is 22.7 Å². The van der Waals surface area contributed by atoms with E-state index in [0.717, 1.165) is 24.1 Å². The van der Waals surface area contributed by atoms with Crippen molar-refractivity contribution in [3.05, 3.63) is 28.2 Å². The smallest absolute Gasteiger partial charge is 0.0746 e. The molecule has 0 radical (unpaired) electrons. The van der Waals surface area contributed by atoms with E-state index in [1.807, 2.05) is 7.11 Å². The van der Waals surface area contributed by atoms with Crippen molar-refractivity contribution in [1.82, 2.24) is 5.32 Å². The number of benzene rings is 1. The maximum absolute atomic E-state index is 5.54. The third-order valence-electron chi connectivity index (χ3n) is 3.79. The molecule has 1 aliphatic rings. The van der Waals surface area contributed by atoms with E-state index in [0.29, 0.717) is 12.1 Å². The van der Waals surface area contributed by atoms with E-state index in [-0.39, 0.29) is 0 Å². The molecule has 0 saturated carbocycles. The van der Waals surface area contributed by atoms with Gasteiger partial charge in [0.05, 0.1) is 6.10 Å². The molecule has 0 aromatic heterocycles. The van der Waals surface area contributed by atoms with Crippen molar-refractivity contribution < 1.29 is 4.74 Å². The average molecular weight is 341 g/mol. The Morgan fingerprint density at radius 2 is 2.25 bits per heavy atom. The molecule has 0 bridgehead atoms. The van der Waals surface area contributed by atoms with E-state index in [1.165, 1.54) is 24.1 Å². The van der Waals surface area contributed by atoms with Crippen molar-refractivity contribution in [3.8, 4) is 0 Å². The Morgan fingerprint density at radius 1 is 1.45 bits per heavy atom. The van der Waals surface area contributed by atoms with E-state index < -0.39 is 0 Å². The molecule has 112 valence electrons. The summed E-state index contributed by atoms with van der Waals surface area (Å²) in [6, 6.07) is 7.07. The minimum absolute atomic E-state index is 0.360. The van der Waals surface area contributed by atoms with Gasteiger partial charge in [-0.05, 0) is 36.6 Å². The lowest BCUT2D eigenvalue weighted by atomic mass is 10.0. The summed E-state index contributed by atoms with van der Waals surface area (Å²) in [5.41, 5.74) is 2.69. The topological polar surface area (TPSA) is 24.5 Å². The van der Waals surface area contributed by atoms with Gasteiger partial charge in [-0.25, -0.2) is 0 Å². The van der Waals surface area contributed by atoms with Crippen molar-refractivity contribution in [2.45, 2.75) is 45.4 Å². The van der Waals surface area contributed by atoms with Crippen molar-refractivity contribution in [1.29, 1.82) is 0 Å². The molecule has 20 heavy (non-hydrogen) atoms. The Labute approximate surface area is 130 Å². The molecule has 1 atom stereocenters. The van der Waals surface area contributed by atoms with Crippen LogP contribution >= 0.6 is 15.9 Å². The summed E-state index contributed by atoms with van der Waals surface area (Å²) in [6.45, 7) is 7.38. The molecule has 2 rings (SSSR count). The number of hydrogen-bond acceptors (Lipinski definition) is 3. The quantitative estimate of drug-likeness (QED) is 0.886. The minimum atomic E-state index is 0.360. The van der Waals surface area contributed by atoms with Gasteiger partial charge < -0.3 is 15.0 Å². The third kappa shape index (κ3) is 4.21. The monoisotopic (exact) mass is 340 g/mol. The highest BCUT2D eigenvalue weighted by Crippen LogP contribution is 2.28. The second-order valence-corrected chi connectivity index (χ2v) is 6.67. The first-order chi connectivity index (χ1) is 9.60. The fourth-order valence-corrected chi connectivity index (χ4v) is 3.08.